The van der Waals surface area contributed by atoms with Crippen LogP contribution in [0.4, 0.5) is 10.5 Å². The van der Waals surface area contributed by atoms with E-state index >= 15 is 0 Å². The van der Waals surface area contributed by atoms with E-state index in [-0.39, 0.29) is 6.54 Å². The smallest absolute Gasteiger partial charge is 0.408 e. The first-order chi connectivity index (χ1) is 16.9. The van der Waals surface area contributed by atoms with Crippen molar-refractivity contribution in [2.45, 2.75) is 59.2 Å². The fraction of sp³-hybridized carbons (Fsp3) is 0.444. The Labute approximate surface area is 212 Å². The fourth-order valence-corrected chi connectivity index (χ4v) is 3.63. The van der Waals surface area contributed by atoms with Crippen molar-refractivity contribution in [2.24, 2.45) is 0 Å². The molecule has 0 radical (unpaired) electrons. The Hall–Kier alpha value is -3.43. The number of carbonyl (C=O) groups excluding carboxylic acids is 3. The number of amides is 3. The lowest BCUT2D eigenvalue weighted by Crippen LogP contribution is -2.54. The summed E-state index contributed by atoms with van der Waals surface area (Å²) in [4.78, 5) is 40.7. The predicted molar refractivity (Wildman–Crippen MR) is 138 cm³/mol. The number of aryl methyl sites for hydroxylation is 3. The zero-order valence-corrected chi connectivity index (χ0v) is 21.8. The van der Waals surface area contributed by atoms with Crippen LogP contribution in [0.25, 0.3) is 0 Å². The van der Waals surface area contributed by atoms with E-state index in [1.54, 1.807) is 39.0 Å². The molecule has 0 saturated heterocycles. The van der Waals surface area contributed by atoms with Crippen molar-refractivity contribution >= 4 is 23.6 Å². The fourth-order valence-electron chi connectivity index (χ4n) is 3.63. The Bertz CT molecular complexity index is 1080. The summed E-state index contributed by atoms with van der Waals surface area (Å²) in [6.45, 7) is 9.34. The van der Waals surface area contributed by atoms with Crippen LogP contribution < -0.4 is 10.6 Å². The number of hydrogen-bond donors (Lipinski definition) is 4. The van der Waals surface area contributed by atoms with Gasteiger partial charge in [0.1, 0.15) is 17.7 Å². The number of alkyl carbamates (subject to hydrolysis) is 1. The van der Waals surface area contributed by atoms with E-state index in [2.05, 4.69) is 10.6 Å². The Morgan fingerprint density at radius 2 is 1.64 bits per heavy atom. The number of anilines is 1. The number of ether oxygens (including phenoxy) is 1. The molecule has 0 aliphatic heterocycles. The number of nitrogens with one attached hydrogen (secondary N) is 2. The van der Waals surface area contributed by atoms with Gasteiger partial charge < -0.3 is 30.5 Å². The van der Waals surface area contributed by atoms with Crippen molar-refractivity contribution < 1.29 is 29.3 Å². The first-order valence-corrected chi connectivity index (χ1v) is 11.8. The second kappa shape index (κ2) is 12.5. The van der Waals surface area contributed by atoms with E-state index in [9.17, 15) is 24.6 Å². The molecule has 2 rings (SSSR count). The van der Waals surface area contributed by atoms with E-state index in [0.29, 0.717) is 11.3 Å². The summed E-state index contributed by atoms with van der Waals surface area (Å²) >= 11 is 0. The highest BCUT2D eigenvalue weighted by Crippen LogP contribution is 2.27. The molecule has 196 valence electrons. The van der Waals surface area contributed by atoms with Crippen molar-refractivity contribution in [3.8, 4) is 0 Å². The van der Waals surface area contributed by atoms with Gasteiger partial charge in [0.05, 0.1) is 13.2 Å². The Balaban J connectivity index is 2.48. The lowest BCUT2D eigenvalue weighted by Gasteiger charge is -2.34. The third kappa shape index (κ3) is 7.79. The minimum Gasteiger partial charge on any atom is -0.444 e. The highest BCUT2D eigenvalue weighted by Gasteiger charge is 2.36. The van der Waals surface area contributed by atoms with Gasteiger partial charge in [-0.3, -0.25) is 9.59 Å². The molecule has 0 saturated carbocycles. The predicted octanol–water partition coefficient (Wildman–Crippen LogP) is 3.00. The van der Waals surface area contributed by atoms with Crippen LogP contribution in [0, 0.1) is 20.8 Å². The second-order valence-corrected chi connectivity index (χ2v) is 9.69. The van der Waals surface area contributed by atoms with Gasteiger partial charge in [-0.25, -0.2) is 4.79 Å². The molecule has 2 aromatic rings. The lowest BCUT2D eigenvalue weighted by molar-refractivity contribution is -0.142. The van der Waals surface area contributed by atoms with E-state index in [1.165, 1.54) is 0 Å². The number of nitrogens with zero attached hydrogens (tertiary/aromatic N) is 1. The third-order valence-electron chi connectivity index (χ3n) is 5.61. The lowest BCUT2D eigenvalue weighted by atomic mass is 9.98. The molecular formula is C27H37N3O6. The summed E-state index contributed by atoms with van der Waals surface area (Å²) in [6.07, 6.45) is -0.883. The van der Waals surface area contributed by atoms with Crippen molar-refractivity contribution in [3.63, 3.8) is 0 Å². The summed E-state index contributed by atoms with van der Waals surface area (Å²) in [5.41, 5.74) is 3.07. The van der Waals surface area contributed by atoms with E-state index < -0.39 is 48.8 Å². The molecule has 9 nitrogen and oxygen atoms in total. The van der Waals surface area contributed by atoms with Gasteiger partial charge in [0.15, 0.2) is 0 Å². The number of para-hydroxylation sites is 1. The molecule has 2 aromatic carbocycles. The SMILES string of the molecule is Cc1ccc(C(C(=O)Nc2ccccc2C)N(CCO)C(=O)C(CO)NC(=O)OC(C)(C)C)cc1C. The monoisotopic (exact) mass is 499 g/mol. The molecule has 0 spiro atoms. The average Bonchev–Trinajstić information content (AvgIpc) is 2.79. The standard InChI is InChI=1S/C27H37N3O6/c1-17-11-12-20(15-19(17)3)23(24(33)28-21-10-8-7-9-18(21)2)30(13-14-31)25(34)22(16-32)29-26(35)36-27(4,5)6/h7-12,15,22-23,31-32H,13-14,16H2,1-6H3,(H,28,33)(H,29,35). The Morgan fingerprint density at radius 1 is 0.972 bits per heavy atom. The number of rotatable bonds is 9. The largest absolute Gasteiger partial charge is 0.444 e. The topological polar surface area (TPSA) is 128 Å². The van der Waals surface area contributed by atoms with Crippen LogP contribution >= 0.6 is 0 Å². The highest BCUT2D eigenvalue weighted by atomic mass is 16.6. The maximum Gasteiger partial charge on any atom is 0.408 e. The van der Waals surface area contributed by atoms with Gasteiger partial charge >= 0.3 is 6.09 Å². The number of hydrogen-bond acceptors (Lipinski definition) is 6. The van der Waals surface area contributed by atoms with Gasteiger partial charge in [0, 0.05) is 12.2 Å². The Kier molecular flexibility index (Phi) is 10.0. The quantitative estimate of drug-likeness (QED) is 0.420. The van der Waals surface area contributed by atoms with Gasteiger partial charge in [0.25, 0.3) is 5.91 Å². The van der Waals surface area contributed by atoms with Gasteiger partial charge in [-0.1, -0.05) is 36.4 Å². The molecule has 0 heterocycles. The van der Waals surface area contributed by atoms with Crippen molar-refractivity contribution in [1.82, 2.24) is 10.2 Å². The zero-order valence-electron chi connectivity index (χ0n) is 21.8. The minimum atomic E-state index is -1.38. The maximum absolute atomic E-state index is 13.6. The van der Waals surface area contributed by atoms with Crippen LogP contribution in [0.2, 0.25) is 0 Å². The van der Waals surface area contributed by atoms with Crippen LogP contribution in [-0.2, 0) is 14.3 Å². The third-order valence-corrected chi connectivity index (χ3v) is 5.61. The summed E-state index contributed by atoms with van der Waals surface area (Å²) in [5.74, 6) is -1.23. The first-order valence-electron chi connectivity index (χ1n) is 11.8. The maximum atomic E-state index is 13.6. The van der Waals surface area contributed by atoms with Crippen molar-refractivity contribution in [2.75, 3.05) is 25.1 Å². The zero-order chi connectivity index (χ0) is 27.0. The molecule has 4 N–H and O–H groups in total. The van der Waals surface area contributed by atoms with E-state index in [4.69, 9.17) is 4.74 Å². The molecule has 9 heteroatoms. The number of aliphatic hydroxyl groups excluding tert-OH is 2. The minimum absolute atomic E-state index is 0.204. The number of benzene rings is 2. The molecule has 2 unspecified atom stereocenters. The normalized spacial score (nSPS) is 12.9. The molecule has 3 amide bonds. The molecule has 0 aliphatic carbocycles. The molecule has 0 aliphatic rings. The van der Waals surface area contributed by atoms with Crippen LogP contribution in [0.3, 0.4) is 0 Å². The van der Waals surface area contributed by atoms with Crippen LogP contribution in [0.15, 0.2) is 42.5 Å². The van der Waals surface area contributed by atoms with Crippen LogP contribution in [0.5, 0.6) is 0 Å². The van der Waals surface area contributed by atoms with Crippen LogP contribution in [0.1, 0.15) is 49.1 Å². The van der Waals surface area contributed by atoms with Crippen molar-refractivity contribution in [1.29, 1.82) is 0 Å². The van der Waals surface area contributed by atoms with E-state index in [0.717, 1.165) is 21.6 Å². The van der Waals surface area contributed by atoms with Crippen LogP contribution in [-0.4, -0.2) is 64.4 Å². The summed E-state index contributed by atoms with van der Waals surface area (Å²) in [6, 6.07) is 10.1. The summed E-state index contributed by atoms with van der Waals surface area (Å²) in [5, 5.41) is 25.0. The second-order valence-electron chi connectivity index (χ2n) is 9.69. The molecule has 36 heavy (non-hydrogen) atoms. The number of carbonyl (C=O) groups is 3. The highest BCUT2D eigenvalue weighted by molar-refractivity contribution is 5.99. The average molecular weight is 500 g/mol. The molecule has 0 aromatic heterocycles. The van der Waals surface area contributed by atoms with Gasteiger partial charge in [0.2, 0.25) is 5.91 Å². The molecular weight excluding hydrogens is 462 g/mol. The first kappa shape index (κ1) is 28.8. The van der Waals surface area contributed by atoms with Gasteiger partial charge in [-0.15, -0.1) is 0 Å². The van der Waals surface area contributed by atoms with Crippen molar-refractivity contribution in [3.05, 3.63) is 64.7 Å². The number of aliphatic hydroxyl groups is 2. The van der Waals surface area contributed by atoms with Gasteiger partial charge in [-0.05, 0) is 69.9 Å². The molecule has 2 atom stereocenters. The van der Waals surface area contributed by atoms with E-state index in [1.807, 2.05) is 45.0 Å². The van der Waals surface area contributed by atoms with Gasteiger partial charge in [-0.2, -0.15) is 0 Å². The molecule has 0 fully saturated rings. The summed E-state index contributed by atoms with van der Waals surface area (Å²) < 4.78 is 5.21. The summed E-state index contributed by atoms with van der Waals surface area (Å²) in [7, 11) is 0. The Morgan fingerprint density at radius 3 is 2.19 bits per heavy atom. The molecule has 0 bridgehead atoms.